The summed E-state index contributed by atoms with van der Waals surface area (Å²) >= 11 is 0. The Hall–Kier alpha value is -2.81. The largest absolute Gasteiger partial charge is 0.459 e. The topological polar surface area (TPSA) is 26.3 Å². The third-order valence-corrected chi connectivity index (χ3v) is 1.42. The Morgan fingerprint density at radius 1 is 1.17 bits per heavy atom. The predicted molar refractivity (Wildman–Crippen MR) is 71.7 cm³/mol. The Morgan fingerprint density at radius 2 is 1.83 bits per heavy atom. The van der Waals surface area contributed by atoms with E-state index >= 15 is 0 Å². The van der Waals surface area contributed by atoms with Gasteiger partial charge in [-0.3, -0.25) is 4.79 Å². The lowest BCUT2D eigenvalue weighted by Gasteiger charge is -2.04. The molecule has 0 aromatic carbocycles. The molecule has 0 heterocycles. The molecular formula is C16H12O2. The minimum absolute atomic E-state index is 0.251. The molecule has 0 bridgehead atoms. The van der Waals surface area contributed by atoms with E-state index in [9.17, 15) is 4.79 Å². The first-order valence-corrected chi connectivity index (χ1v) is 5.13. The van der Waals surface area contributed by atoms with E-state index in [1.165, 1.54) is 6.92 Å². The van der Waals surface area contributed by atoms with E-state index in [-0.39, 0.29) is 12.1 Å². The van der Waals surface area contributed by atoms with Gasteiger partial charge in [0, 0.05) is 6.92 Å². The standard InChI is InChI=1S/C16H12O2/c1-4-5-6-7-8-9-10-11-12-13-14-15(2)18-16(3)17/h1,11-15H,2-3H3/b12-11-,14-13+/t15-/m0/s1. The Kier molecular flexibility index (Phi) is 9.03. The van der Waals surface area contributed by atoms with Crippen LogP contribution < -0.4 is 0 Å². The highest BCUT2D eigenvalue weighted by Crippen LogP contribution is 1.93. The summed E-state index contributed by atoms with van der Waals surface area (Å²) in [5.74, 6) is 16.9. The molecule has 0 saturated carbocycles. The average molecular weight is 236 g/mol. The predicted octanol–water partition coefficient (Wildman–Crippen LogP) is 1.69. The van der Waals surface area contributed by atoms with Crippen molar-refractivity contribution in [1.82, 2.24) is 0 Å². The van der Waals surface area contributed by atoms with Crippen LogP contribution in [0.2, 0.25) is 0 Å². The first-order valence-electron chi connectivity index (χ1n) is 5.13. The van der Waals surface area contributed by atoms with Gasteiger partial charge in [-0.25, -0.2) is 0 Å². The maximum Gasteiger partial charge on any atom is 0.303 e. The quantitative estimate of drug-likeness (QED) is 0.423. The molecule has 0 unspecified atom stereocenters. The van der Waals surface area contributed by atoms with E-state index in [2.05, 4.69) is 41.4 Å². The molecule has 2 nitrogen and oxygen atoms in total. The van der Waals surface area contributed by atoms with Crippen molar-refractivity contribution in [3.8, 4) is 47.9 Å². The summed E-state index contributed by atoms with van der Waals surface area (Å²) < 4.78 is 4.88. The van der Waals surface area contributed by atoms with Crippen molar-refractivity contribution in [3.63, 3.8) is 0 Å². The second-order valence-electron chi connectivity index (χ2n) is 2.97. The first-order chi connectivity index (χ1) is 8.66. The number of ether oxygens (including phenoxy) is 1. The number of terminal acetylenes is 1. The van der Waals surface area contributed by atoms with Crippen LogP contribution in [0.4, 0.5) is 0 Å². The Labute approximate surface area is 108 Å². The summed E-state index contributed by atoms with van der Waals surface area (Å²) in [6, 6.07) is 0. The second kappa shape index (κ2) is 10.7. The van der Waals surface area contributed by atoms with E-state index in [0.29, 0.717) is 0 Å². The van der Waals surface area contributed by atoms with E-state index in [4.69, 9.17) is 11.2 Å². The molecule has 1 atom stereocenters. The second-order valence-corrected chi connectivity index (χ2v) is 2.97. The summed E-state index contributed by atoms with van der Waals surface area (Å²) in [6.45, 7) is 3.14. The van der Waals surface area contributed by atoms with E-state index < -0.39 is 0 Å². The number of allylic oxidation sites excluding steroid dienone is 3. The molecule has 0 radical (unpaired) electrons. The fourth-order valence-electron chi connectivity index (χ4n) is 0.833. The summed E-state index contributed by atoms with van der Waals surface area (Å²) in [5.41, 5.74) is 0. The van der Waals surface area contributed by atoms with Crippen molar-refractivity contribution >= 4 is 5.97 Å². The zero-order valence-electron chi connectivity index (χ0n) is 10.3. The van der Waals surface area contributed by atoms with Gasteiger partial charge in [-0.15, -0.1) is 6.42 Å². The minimum Gasteiger partial charge on any atom is -0.459 e. The average Bonchev–Trinajstić information content (AvgIpc) is 2.30. The van der Waals surface area contributed by atoms with E-state index in [1.54, 1.807) is 31.2 Å². The van der Waals surface area contributed by atoms with Crippen molar-refractivity contribution in [2.24, 2.45) is 0 Å². The number of carbonyl (C=O) groups excluding carboxylic acids is 1. The van der Waals surface area contributed by atoms with Crippen molar-refractivity contribution in [3.05, 3.63) is 24.3 Å². The summed E-state index contributed by atoms with van der Waals surface area (Å²) in [4.78, 5) is 10.6. The molecular weight excluding hydrogens is 224 g/mol. The Balaban J connectivity index is 4.08. The molecule has 0 amide bonds. The molecule has 0 aromatic rings. The summed E-state index contributed by atoms with van der Waals surface area (Å²) in [5, 5.41) is 0. The number of hydrogen-bond acceptors (Lipinski definition) is 2. The normalized spacial score (nSPS) is 10.1. The van der Waals surface area contributed by atoms with Gasteiger partial charge < -0.3 is 4.74 Å². The van der Waals surface area contributed by atoms with Gasteiger partial charge in [0.2, 0.25) is 0 Å². The molecule has 0 aliphatic rings. The van der Waals surface area contributed by atoms with Crippen LogP contribution in [0.15, 0.2) is 24.3 Å². The van der Waals surface area contributed by atoms with Crippen LogP contribution in [-0.2, 0) is 9.53 Å². The Morgan fingerprint density at radius 3 is 2.50 bits per heavy atom. The molecule has 0 saturated heterocycles. The van der Waals surface area contributed by atoms with Gasteiger partial charge in [0.1, 0.15) is 6.10 Å². The molecule has 2 heteroatoms. The minimum atomic E-state index is -0.306. The third kappa shape index (κ3) is 11.3. The van der Waals surface area contributed by atoms with Crippen molar-refractivity contribution < 1.29 is 9.53 Å². The summed E-state index contributed by atoms with van der Waals surface area (Å²) in [7, 11) is 0. The SMILES string of the molecule is C#CC#CC#CC#C/C=C\C=C\[C@H](C)OC(C)=O. The van der Waals surface area contributed by atoms with E-state index in [0.717, 1.165) is 0 Å². The number of carbonyl (C=O) groups is 1. The van der Waals surface area contributed by atoms with Gasteiger partial charge in [0.15, 0.2) is 0 Å². The third-order valence-electron chi connectivity index (χ3n) is 1.42. The van der Waals surface area contributed by atoms with Crippen LogP contribution in [0.3, 0.4) is 0 Å². The molecule has 0 aliphatic carbocycles. The molecule has 0 spiro atoms. The highest BCUT2D eigenvalue weighted by Gasteiger charge is 1.97. The summed E-state index contributed by atoms with van der Waals surface area (Å²) in [6.07, 6.45) is 11.5. The fourth-order valence-corrected chi connectivity index (χ4v) is 0.833. The van der Waals surface area contributed by atoms with Crippen molar-refractivity contribution in [1.29, 1.82) is 0 Å². The zero-order chi connectivity index (χ0) is 13.6. The molecule has 0 aliphatic heterocycles. The van der Waals surface area contributed by atoms with Crippen LogP contribution in [0.25, 0.3) is 0 Å². The van der Waals surface area contributed by atoms with Gasteiger partial charge in [-0.2, -0.15) is 0 Å². The zero-order valence-corrected chi connectivity index (χ0v) is 10.3. The Bertz CT molecular complexity index is 552. The number of rotatable bonds is 3. The number of hydrogen-bond donors (Lipinski definition) is 0. The maximum absolute atomic E-state index is 10.6. The monoisotopic (exact) mass is 236 g/mol. The molecule has 88 valence electrons. The fraction of sp³-hybridized carbons (Fsp3) is 0.188. The maximum atomic E-state index is 10.6. The lowest BCUT2D eigenvalue weighted by Crippen LogP contribution is -2.08. The molecule has 0 rings (SSSR count). The lowest BCUT2D eigenvalue weighted by atomic mass is 10.3. The smallest absolute Gasteiger partial charge is 0.303 e. The van der Waals surface area contributed by atoms with Crippen molar-refractivity contribution in [2.75, 3.05) is 0 Å². The van der Waals surface area contributed by atoms with Gasteiger partial charge in [0.05, 0.1) is 0 Å². The van der Waals surface area contributed by atoms with Crippen LogP contribution in [-0.4, -0.2) is 12.1 Å². The van der Waals surface area contributed by atoms with E-state index in [1.807, 2.05) is 0 Å². The highest BCUT2D eigenvalue weighted by atomic mass is 16.5. The lowest BCUT2D eigenvalue weighted by molar-refractivity contribution is -0.143. The van der Waals surface area contributed by atoms with Crippen LogP contribution in [0, 0.1) is 47.9 Å². The van der Waals surface area contributed by atoms with Gasteiger partial charge in [0.25, 0.3) is 0 Å². The molecule has 0 aromatic heterocycles. The first kappa shape index (κ1) is 15.2. The molecule has 0 N–H and O–H groups in total. The van der Waals surface area contributed by atoms with Crippen LogP contribution in [0.5, 0.6) is 0 Å². The molecule has 0 fully saturated rings. The van der Waals surface area contributed by atoms with Crippen LogP contribution in [0.1, 0.15) is 13.8 Å². The number of esters is 1. The van der Waals surface area contributed by atoms with Gasteiger partial charge in [-0.05, 0) is 54.6 Å². The highest BCUT2D eigenvalue weighted by molar-refractivity contribution is 5.66. The van der Waals surface area contributed by atoms with Gasteiger partial charge >= 0.3 is 5.97 Å². The van der Waals surface area contributed by atoms with Gasteiger partial charge in [-0.1, -0.05) is 18.1 Å². The van der Waals surface area contributed by atoms with Crippen molar-refractivity contribution in [2.45, 2.75) is 20.0 Å². The van der Waals surface area contributed by atoms with Crippen LogP contribution >= 0.6 is 0 Å². The molecule has 18 heavy (non-hydrogen) atoms.